The Morgan fingerprint density at radius 2 is 1.93 bits per heavy atom. The number of nitrogens with zero attached hydrogens (tertiary/aromatic N) is 1. The predicted octanol–water partition coefficient (Wildman–Crippen LogP) is 2.75. The summed E-state index contributed by atoms with van der Waals surface area (Å²) in [5, 5.41) is 9.68. The topological polar surface area (TPSA) is 49.8 Å². The van der Waals surface area contributed by atoms with Crippen molar-refractivity contribution in [3.63, 3.8) is 0 Å². The predicted molar refractivity (Wildman–Crippen MR) is 58.5 cm³/mol. The van der Waals surface area contributed by atoms with Crippen molar-refractivity contribution in [2.24, 2.45) is 5.73 Å². The standard InChI is InChI=1S/C10H10Cl2N2/c1-6(14)2-8-9(11)3-7(5-13)4-10(8)12/h3-4,6H,2,14H2,1H3/t6-/m0/s1. The Balaban J connectivity index is 3.13. The molecule has 1 aromatic rings. The van der Waals surface area contributed by atoms with Crippen LogP contribution in [0.4, 0.5) is 0 Å². The van der Waals surface area contributed by atoms with Gasteiger partial charge in [-0.25, -0.2) is 0 Å². The summed E-state index contributed by atoms with van der Waals surface area (Å²) in [5.74, 6) is 0. The summed E-state index contributed by atoms with van der Waals surface area (Å²) in [7, 11) is 0. The maximum Gasteiger partial charge on any atom is 0.0992 e. The van der Waals surface area contributed by atoms with Gasteiger partial charge in [-0.05, 0) is 31.0 Å². The number of rotatable bonds is 2. The van der Waals surface area contributed by atoms with Gasteiger partial charge in [-0.2, -0.15) is 5.26 Å². The van der Waals surface area contributed by atoms with E-state index in [0.29, 0.717) is 22.0 Å². The number of nitrogens with two attached hydrogens (primary N) is 1. The summed E-state index contributed by atoms with van der Waals surface area (Å²) in [5.41, 5.74) is 6.92. The summed E-state index contributed by atoms with van der Waals surface area (Å²) in [6, 6.07) is 5.19. The zero-order chi connectivity index (χ0) is 10.7. The Bertz CT molecular complexity index is 357. The van der Waals surface area contributed by atoms with Crippen LogP contribution in [0, 0.1) is 11.3 Å². The van der Waals surface area contributed by atoms with Crippen LogP contribution >= 0.6 is 23.2 Å². The smallest absolute Gasteiger partial charge is 0.0992 e. The Morgan fingerprint density at radius 3 is 2.29 bits per heavy atom. The molecule has 1 aromatic carbocycles. The number of hydrogen-bond acceptors (Lipinski definition) is 2. The van der Waals surface area contributed by atoms with E-state index >= 15 is 0 Å². The summed E-state index contributed by atoms with van der Waals surface area (Å²) in [6.07, 6.45) is 0.614. The lowest BCUT2D eigenvalue weighted by Gasteiger charge is -2.09. The van der Waals surface area contributed by atoms with Gasteiger partial charge in [0.2, 0.25) is 0 Å². The van der Waals surface area contributed by atoms with Gasteiger partial charge in [0, 0.05) is 16.1 Å². The molecule has 0 unspecified atom stereocenters. The van der Waals surface area contributed by atoms with Crippen LogP contribution in [-0.4, -0.2) is 6.04 Å². The fourth-order valence-electron chi connectivity index (χ4n) is 1.18. The van der Waals surface area contributed by atoms with Crippen LogP contribution in [0.25, 0.3) is 0 Å². The number of halogens is 2. The van der Waals surface area contributed by atoms with Crippen molar-refractivity contribution in [3.05, 3.63) is 33.3 Å². The van der Waals surface area contributed by atoms with E-state index in [-0.39, 0.29) is 6.04 Å². The second kappa shape index (κ2) is 4.65. The summed E-state index contributed by atoms with van der Waals surface area (Å²) >= 11 is 11.9. The normalized spacial score (nSPS) is 12.2. The Labute approximate surface area is 93.2 Å². The third-order valence-corrected chi connectivity index (χ3v) is 2.47. The van der Waals surface area contributed by atoms with Gasteiger partial charge in [0.05, 0.1) is 11.6 Å². The molecule has 0 saturated heterocycles. The van der Waals surface area contributed by atoms with Crippen LogP contribution in [0.3, 0.4) is 0 Å². The van der Waals surface area contributed by atoms with E-state index in [4.69, 9.17) is 34.2 Å². The van der Waals surface area contributed by atoms with Crippen LogP contribution in [0.1, 0.15) is 18.1 Å². The quantitative estimate of drug-likeness (QED) is 0.847. The van der Waals surface area contributed by atoms with Crippen molar-refractivity contribution in [3.8, 4) is 6.07 Å². The first-order chi connectivity index (χ1) is 6.54. The lowest BCUT2D eigenvalue weighted by molar-refractivity contribution is 0.738. The molecular formula is C10H10Cl2N2. The molecule has 0 aliphatic carbocycles. The lowest BCUT2D eigenvalue weighted by Crippen LogP contribution is -2.18. The van der Waals surface area contributed by atoms with Gasteiger partial charge in [0.1, 0.15) is 0 Å². The SMILES string of the molecule is C[C@H](N)Cc1c(Cl)cc(C#N)cc1Cl. The van der Waals surface area contributed by atoms with Crippen molar-refractivity contribution in [2.75, 3.05) is 0 Å². The molecule has 0 bridgehead atoms. The minimum atomic E-state index is -0.00191. The van der Waals surface area contributed by atoms with E-state index < -0.39 is 0 Å². The molecular weight excluding hydrogens is 219 g/mol. The number of nitriles is 1. The molecule has 2 N–H and O–H groups in total. The molecule has 0 saturated carbocycles. The van der Waals surface area contributed by atoms with Crippen molar-refractivity contribution >= 4 is 23.2 Å². The highest BCUT2D eigenvalue weighted by Crippen LogP contribution is 2.27. The Hall–Kier alpha value is -0.750. The molecule has 1 rings (SSSR count). The average molecular weight is 229 g/mol. The second-order valence-corrected chi connectivity index (χ2v) is 4.03. The van der Waals surface area contributed by atoms with Gasteiger partial charge in [-0.15, -0.1) is 0 Å². The van der Waals surface area contributed by atoms with Crippen LogP contribution in [0.5, 0.6) is 0 Å². The molecule has 0 aliphatic rings. The number of hydrogen-bond donors (Lipinski definition) is 1. The van der Waals surface area contributed by atoms with E-state index in [1.807, 2.05) is 13.0 Å². The van der Waals surface area contributed by atoms with Gasteiger partial charge < -0.3 is 5.73 Å². The Morgan fingerprint density at radius 1 is 1.43 bits per heavy atom. The van der Waals surface area contributed by atoms with E-state index in [9.17, 15) is 0 Å². The molecule has 0 spiro atoms. The van der Waals surface area contributed by atoms with Crippen molar-refractivity contribution in [1.29, 1.82) is 5.26 Å². The molecule has 0 fully saturated rings. The highest BCUT2D eigenvalue weighted by molar-refractivity contribution is 6.36. The molecule has 2 nitrogen and oxygen atoms in total. The molecule has 1 atom stereocenters. The average Bonchev–Trinajstić information content (AvgIpc) is 2.10. The third-order valence-electron chi connectivity index (χ3n) is 1.80. The first-order valence-electron chi connectivity index (χ1n) is 4.18. The molecule has 4 heteroatoms. The highest BCUT2D eigenvalue weighted by atomic mass is 35.5. The molecule has 0 aromatic heterocycles. The minimum Gasteiger partial charge on any atom is -0.328 e. The first kappa shape index (κ1) is 11.3. The van der Waals surface area contributed by atoms with Gasteiger partial charge >= 0.3 is 0 Å². The highest BCUT2D eigenvalue weighted by Gasteiger charge is 2.09. The maximum absolute atomic E-state index is 8.67. The summed E-state index contributed by atoms with van der Waals surface area (Å²) < 4.78 is 0. The molecule has 74 valence electrons. The van der Waals surface area contributed by atoms with Crippen LogP contribution in [-0.2, 0) is 6.42 Å². The lowest BCUT2D eigenvalue weighted by atomic mass is 10.1. The summed E-state index contributed by atoms with van der Waals surface area (Å²) in [4.78, 5) is 0. The molecule has 0 amide bonds. The minimum absolute atomic E-state index is 0.00191. The summed E-state index contributed by atoms with van der Waals surface area (Å²) in [6.45, 7) is 1.88. The monoisotopic (exact) mass is 228 g/mol. The molecule has 0 radical (unpaired) electrons. The van der Waals surface area contributed by atoms with E-state index in [1.165, 1.54) is 0 Å². The molecule has 0 aliphatic heterocycles. The largest absolute Gasteiger partial charge is 0.328 e. The van der Waals surface area contributed by atoms with Gasteiger partial charge in [0.25, 0.3) is 0 Å². The van der Waals surface area contributed by atoms with Crippen LogP contribution in [0.15, 0.2) is 12.1 Å². The van der Waals surface area contributed by atoms with Crippen molar-refractivity contribution in [2.45, 2.75) is 19.4 Å². The first-order valence-corrected chi connectivity index (χ1v) is 4.93. The third kappa shape index (κ3) is 2.62. The fourth-order valence-corrected chi connectivity index (χ4v) is 1.83. The van der Waals surface area contributed by atoms with E-state index in [0.717, 1.165) is 5.56 Å². The van der Waals surface area contributed by atoms with Crippen molar-refractivity contribution < 1.29 is 0 Å². The zero-order valence-electron chi connectivity index (χ0n) is 7.72. The molecule has 0 heterocycles. The maximum atomic E-state index is 8.67. The second-order valence-electron chi connectivity index (χ2n) is 3.21. The van der Waals surface area contributed by atoms with Crippen LogP contribution in [0.2, 0.25) is 10.0 Å². The van der Waals surface area contributed by atoms with Crippen LogP contribution < -0.4 is 5.73 Å². The van der Waals surface area contributed by atoms with E-state index in [2.05, 4.69) is 0 Å². The van der Waals surface area contributed by atoms with Crippen molar-refractivity contribution in [1.82, 2.24) is 0 Å². The Kier molecular flexibility index (Phi) is 3.77. The zero-order valence-corrected chi connectivity index (χ0v) is 9.23. The fraction of sp³-hybridized carbons (Fsp3) is 0.300. The van der Waals surface area contributed by atoms with Gasteiger partial charge in [-0.1, -0.05) is 23.2 Å². The number of benzene rings is 1. The van der Waals surface area contributed by atoms with Gasteiger partial charge in [0.15, 0.2) is 0 Å². The van der Waals surface area contributed by atoms with Gasteiger partial charge in [-0.3, -0.25) is 0 Å². The molecule has 14 heavy (non-hydrogen) atoms. The van der Waals surface area contributed by atoms with E-state index in [1.54, 1.807) is 12.1 Å².